The zero-order chi connectivity index (χ0) is 14.6. The molecule has 0 radical (unpaired) electrons. The number of carbonyl (C=O) groups is 1. The van der Waals surface area contributed by atoms with Crippen LogP contribution in [0.15, 0.2) is 30.3 Å². The third kappa shape index (κ3) is 3.58. The first-order valence-corrected chi connectivity index (χ1v) is 7.06. The smallest absolute Gasteiger partial charge is 0.235 e. The number of benzene rings is 1. The number of nitrogens with zero attached hydrogens (tertiary/aromatic N) is 1. The number of hydrogen-bond donors (Lipinski definition) is 2. The Bertz CT molecular complexity index is 504. The van der Waals surface area contributed by atoms with Crippen LogP contribution in [0.1, 0.15) is 38.3 Å². The summed E-state index contributed by atoms with van der Waals surface area (Å²) in [5, 5.41) is 15.2. The molecule has 1 aliphatic rings. The van der Waals surface area contributed by atoms with E-state index in [0.717, 1.165) is 18.4 Å². The van der Waals surface area contributed by atoms with Crippen LogP contribution in [-0.4, -0.2) is 18.0 Å². The van der Waals surface area contributed by atoms with Gasteiger partial charge in [0.25, 0.3) is 0 Å². The van der Waals surface area contributed by atoms with Gasteiger partial charge in [0.2, 0.25) is 5.91 Å². The van der Waals surface area contributed by atoms with Crippen molar-refractivity contribution < 1.29 is 4.79 Å². The summed E-state index contributed by atoms with van der Waals surface area (Å²) in [7, 11) is 0. The van der Waals surface area contributed by atoms with Crippen molar-refractivity contribution in [3.8, 4) is 6.07 Å². The normalized spacial score (nSPS) is 18.6. The molecule has 0 aliphatic heterocycles. The maximum absolute atomic E-state index is 12.0. The molecule has 1 saturated carbocycles. The maximum atomic E-state index is 12.0. The van der Waals surface area contributed by atoms with Gasteiger partial charge >= 0.3 is 0 Å². The van der Waals surface area contributed by atoms with E-state index in [-0.39, 0.29) is 18.5 Å². The Morgan fingerprint density at radius 2 is 2.10 bits per heavy atom. The first-order chi connectivity index (χ1) is 9.55. The molecule has 1 amide bonds. The summed E-state index contributed by atoms with van der Waals surface area (Å²) in [4.78, 5) is 12.0. The summed E-state index contributed by atoms with van der Waals surface area (Å²) in [5.41, 5.74) is 0.430. The van der Waals surface area contributed by atoms with Gasteiger partial charge < -0.3 is 10.6 Å². The number of amides is 1. The number of nitriles is 1. The Hall–Kier alpha value is -1.86. The SMILES string of the molecule is C[C@@H](NCC(=O)N[C@](C)(C#N)C1CC1)c1ccccc1. The molecule has 0 unspecified atom stereocenters. The second-order valence-corrected chi connectivity index (χ2v) is 5.65. The van der Waals surface area contributed by atoms with Crippen molar-refractivity contribution in [2.24, 2.45) is 5.92 Å². The molecule has 20 heavy (non-hydrogen) atoms. The van der Waals surface area contributed by atoms with Crippen LogP contribution in [0.3, 0.4) is 0 Å². The Kier molecular flexibility index (Phi) is 4.41. The molecule has 2 atom stereocenters. The highest BCUT2D eigenvalue weighted by molar-refractivity contribution is 5.79. The van der Waals surface area contributed by atoms with E-state index in [1.807, 2.05) is 44.2 Å². The standard InChI is InChI=1S/C16H21N3O/c1-12(13-6-4-3-5-7-13)18-10-15(20)19-16(2,11-17)14-8-9-14/h3-7,12,14,18H,8-10H2,1-2H3,(H,19,20)/t12-,16-/m1/s1. The van der Waals surface area contributed by atoms with Gasteiger partial charge in [-0.2, -0.15) is 5.26 Å². The molecule has 0 heterocycles. The highest BCUT2D eigenvalue weighted by atomic mass is 16.2. The van der Waals surface area contributed by atoms with Crippen molar-refractivity contribution in [2.45, 2.75) is 38.3 Å². The second kappa shape index (κ2) is 6.06. The average Bonchev–Trinajstić information content (AvgIpc) is 3.30. The van der Waals surface area contributed by atoms with Crippen LogP contribution in [-0.2, 0) is 4.79 Å². The molecule has 2 rings (SSSR count). The summed E-state index contributed by atoms with van der Waals surface area (Å²) in [6.07, 6.45) is 2.05. The van der Waals surface area contributed by atoms with Crippen molar-refractivity contribution in [3.63, 3.8) is 0 Å². The monoisotopic (exact) mass is 271 g/mol. The highest BCUT2D eigenvalue weighted by Gasteiger charge is 2.42. The van der Waals surface area contributed by atoms with E-state index < -0.39 is 5.54 Å². The quantitative estimate of drug-likeness (QED) is 0.833. The van der Waals surface area contributed by atoms with Gasteiger partial charge in [-0.05, 0) is 38.2 Å². The molecule has 4 nitrogen and oxygen atoms in total. The van der Waals surface area contributed by atoms with Crippen molar-refractivity contribution in [1.82, 2.24) is 10.6 Å². The average molecular weight is 271 g/mol. The van der Waals surface area contributed by atoms with Crippen molar-refractivity contribution in [3.05, 3.63) is 35.9 Å². The first-order valence-electron chi connectivity index (χ1n) is 7.06. The molecular formula is C16H21N3O. The largest absolute Gasteiger partial charge is 0.337 e. The van der Waals surface area contributed by atoms with Gasteiger partial charge in [0, 0.05) is 6.04 Å². The summed E-state index contributed by atoms with van der Waals surface area (Å²) in [5.74, 6) is 0.187. The molecule has 0 spiro atoms. The Morgan fingerprint density at radius 3 is 2.65 bits per heavy atom. The minimum atomic E-state index is -0.714. The van der Waals surface area contributed by atoms with E-state index in [1.54, 1.807) is 0 Å². The van der Waals surface area contributed by atoms with Crippen LogP contribution < -0.4 is 10.6 Å². The van der Waals surface area contributed by atoms with Gasteiger partial charge in [-0.25, -0.2) is 0 Å². The van der Waals surface area contributed by atoms with Gasteiger partial charge in [-0.15, -0.1) is 0 Å². The number of carbonyl (C=O) groups excluding carboxylic acids is 1. The molecule has 0 saturated heterocycles. The van der Waals surface area contributed by atoms with E-state index in [2.05, 4.69) is 16.7 Å². The Labute approximate surface area is 120 Å². The predicted molar refractivity (Wildman–Crippen MR) is 77.7 cm³/mol. The van der Waals surface area contributed by atoms with Gasteiger partial charge in [0.05, 0.1) is 12.6 Å². The summed E-state index contributed by atoms with van der Waals surface area (Å²) in [6, 6.07) is 12.3. The van der Waals surface area contributed by atoms with Gasteiger partial charge in [-0.1, -0.05) is 30.3 Å². The molecule has 4 heteroatoms. The Morgan fingerprint density at radius 1 is 1.45 bits per heavy atom. The third-order valence-corrected chi connectivity index (χ3v) is 3.89. The lowest BCUT2D eigenvalue weighted by molar-refractivity contribution is -0.121. The molecule has 1 aliphatic carbocycles. The van der Waals surface area contributed by atoms with E-state index in [1.165, 1.54) is 0 Å². The summed E-state index contributed by atoms with van der Waals surface area (Å²) >= 11 is 0. The molecule has 106 valence electrons. The van der Waals surface area contributed by atoms with Gasteiger partial charge in [0.15, 0.2) is 0 Å². The first kappa shape index (κ1) is 14.5. The number of hydrogen-bond acceptors (Lipinski definition) is 3. The van der Waals surface area contributed by atoms with Crippen LogP contribution in [0.25, 0.3) is 0 Å². The van der Waals surface area contributed by atoms with E-state index in [4.69, 9.17) is 0 Å². The zero-order valence-electron chi connectivity index (χ0n) is 12.0. The van der Waals surface area contributed by atoms with Crippen LogP contribution >= 0.6 is 0 Å². The highest BCUT2D eigenvalue weighted by Crippen LogP contribution is 2.39. The molecule has 0 bridgehead atoms. The number of nitrogens with one attached hydrogen (secondary N) is 2. The Balaban J connectivity index is 1.82. The fraction of sp³-hybridized carbons (Fsp3) is 0.500. The van der Waals surface area contributed by atoms with Gasteiger partial charge in [0.1, 0.15) is 5.54 Å². The van der Waals surface area contributed by atoms with Crippen LogP contribution in [0.5, 0.6) is 0 Å². The van der Waals surface area contributed by atoms with Crippen LogP contribution in [0.2, 0.25) is 0 Å². The molecular weight excluding hydrogens is 250 g/mol. The minimum absolute atomic E-state index is 0.108. The van der Waals surface area contributed by atoms with E-state index >= 15 is 0 Å². The molecule has 0 aromatic heterocycles. The molecule has 2 N–H and O–H groups in total. The van der Waals surface area contributed by atoms with Crippen molar-refractivity contribution in [2.75, 3.05) is 6.54 Å². The lowest BCUT2D eigenvalue weighted by Crippen LogP contribution is -2.49. The lowest BCUT2D eigenvalue weighted by atomic mass is 9.98. The lowest BCUT2D eigenvalue weighted by Gasteiger charge is -2.23. The van der Waals surface area contributed by atoms with Crippen LogP contribution in [0, 0.1) is 17.2 Å². The van der Waals surface area contributed by atoms with Crippen molar-refractivity contribution in [1.29, 1.82) is 5.26 Å². The van der Waals surface area contributed by atoms with Crippen LogP contribution in [0.4, 0.5) is 0 Å². The number of rotatable bonds is 6. The van der Waals surface area contributed by atoms with E-state index in [0.29, 0.717) is 5.92 Å². The zero-order valence-corrected chi connectivity index (χ0v) is 12.0. The summed E-state index contributed by atoms with van der Waals surface area (Å²) in [6.45, 7) is 4.05. The topological polar surface area (TPSA) is 64.9 Å². The molecule has 1 aromatic rings. The molecule has 1 aromatic carbocycles. The van der Waals surface area contributed by atoms with Crippen molar-refractivity contribution >= 4 is 5.91 Å². The van der Waals surface area contributed by atoms with Gasteiger partial charge in [-0.3, -0.25) is 4.79 Å². The van der Waals surface area contributed by atoms with E-state index in [9.17, 15) is 10.1 Å². The summed E-state index contributed by atoms with van der Waals surface area (Å²) < 4.78 is 0. The maximum Gasteiger partial charge on any atom is 0.235 e. The molecule has 1 fully saturated rings. The fourth-order valence-electron chi connectivity index (χ4n) is 2.32. The minimum Gasteiger partial charge on any atom is -0.337 e. The predicted octanol–water partition coefficient (Wildman–Crippen LogP) is 2.15. The third-order valence-electron chi connectivity index (χ3n) is 3.89. The fourth-order valence-corrected chi connectivity index (χ4v) is 2.32. The second-order valence-electron chi connectivity index (χ2n) is 5.65.